The van der Waals surface area contributed by atoms with Gasteiger partial charge in [-0.3, -0.25) is 19.3 Å². The third-order valence-electron chi connectivity index (χ3n) is 5.37. The van der Waals surface area contributed by atoms with Crippen molar-refractivity contribution in [2.24, 2.45) is 10.6 Å². The number of nitrogens with two attached hydrogens (primary N) is 1. The molecule has 2 aromatic rings. The third kappa shape index (κ3) is 5.38. The van der Waals surface area contributed by atoms with Gasteiger partial charge < -0.3 is 20.6 Å². The monoisotopic (exact) mass is 563 g/mol. The van der Waals surface area contributed by atoms with Gasteiger partial charge in [0.15, 0.2) is 16.7 Å². The average Bonchev–Trinajstić information content (AvgIpc) is 3.47. The van der Waals surface area contributed by atoms with Gasteiger partial charge in [0.1, 0.15) is 29.9 Å². The fraction of sp³-hybridized carbons (Fsp3) is 0.476. The van der Waals surface area contributed by atoms with E-state index < -0.39 is 40.6 Å². The van der Waals surface area contributed by atoms with Crippen molar-refractivity contribution in [3.63, 3.8) is 0 Å². The van der Waals surface area contributed by atoms with Gasteiger partial charge in [-0.2, -0.15) is 4.80 Å². The molecule has 1 saturated heterocycles. The number of nitrogen functional groups attached to an aromatic ring is 1. The maximum absolute atomic E-state index is 13.3. The lowest BCUT2D eigenvalue weighted by Crippen LogP contribution is -2.71. The normalized spacial score (nSPS) is 19.6. The summed E-state index contributed by atoms with van der Waals surface area (Å²) in [7, 11) is 1.27. The quantitative estimate of drug-likeness (QED) is 0.149. The molecule has 0 spiro atoms. The summed E-state index contributed by atoms with van der Waals surface area (Å²) in [5.74, 6) is -2.30. The van der Waals surface area contributed by atoms with E-state index in [1.54, 1.807) is 27.7 Å². The van der Waals surface area contributed by atoms with Crippen LogP contribution in [0.15, 0.2) is 21.8 Å². The average molecular weight is 564 g/mol. The first-order valence-corrected chi connectivity index (χ1v) is 13.1. The van der Waals surface area contributed by atoms with Crippen LogP contribution in [0.5, 0.6) is 0 Å². The first-order chi connectivity index (χ1) is 17.9. The van der Waals surface area contributed by atoms with Crippen molar-refractivity contribution in [1.29, 1.82) is 0 Å². The van der Waals surface area contributed by atoms with Gasteiger partial charge in [0.2, 0.25) is 0 Å². The lowest BCUT2D eigenvalue weighted by atomic mass is 9.97. The highest BCUT2D eigenvalue weighted by atomic mass is 32.2. The minimum atomic E-state index is -0.986. The van der Waals surface area contributed by atoms with Crippen LogP contribution in [0.2, 0.25) is 0 Å². The summed E-state index contributed by atoms with van der Waals surface area (Å²) in [4.78, 5) is 63.2. The maximum atomic E-state index is 13.3. The zero-order valence-electron chi connectivity index (χ0n) is 21.1. The van der Waals surface area contributed by atoms with Crippen LogP contribution in [0.4, 0.5) is 5.13 Å². The molecule has 2 atom stereocenters. The van der Waals surface area contributed by atoms with E-state index in [4.69, 9.17) is 15.3 Å². The Balaban J connectivity index is 1.59. The molecule has 0 saturated carbocycles. The van der Waals surface area contributed by atoms with Gasteiger partial charge in [-0.25, -0.2) is 9.78 Å². The van der Waals surface area contributed by atoms with Gasteiger partial charge in [0.25, 0.3) is 11.8 Å². The Morgan fingerprint density at radius 2 is 2.05 bits per heavy atom. The summed E-state index contributed by atoms with van der Waals surface area (Å²) in [6, 6.07) is -0.986. The molecule has 2 aliphatic heterocycles. The Bertz CT molecular complexity index is 1360. The number of nitrogens with zero attached hydrogens (tertiary/aromatic N) is 7. The number of nitrogens with one attached hydrogen (secondary N) is 1. The van der Waals surface area contributed by atoms with Crippen LogP contribution in [0.25, 0.3) is 0 Å². The second-order valence-corrected chi connectivity index (χ2v) is 11.3. The number of esters is 2. The van der Waals surface area contributed by atoms with Crippen LogP contribution in [0.3, 0.4) is 0 Å². The second kappa shape index (κ2) is 10.5. The van der Waals surface area contributed by atoms with Crippen LogP contribution in [0.1, 0.15) is 32.3 Å². The molecule has 0 radical (unpaired) electrons. The highest BCUT2D eigenvalue weighted by Crippen LogP contribution is 2.41. The number of thioether (sulfide) groups is 1. The molecular weight excluding hydrogens is 538 g/mol. The lowest BCUT2D eigenvalue weighted by molar-refractivity contribution is -0.166. The van der Waals surface area contributed by atoms with E-state index in [0.29, 0.717) is 11.4 Å². The number of β-lactam (4-membered cyclic amide) rings is 1. The molecule has 3 N–H and O–H groups in total. The van der Waals surface area contributed by atoms with Crippen molar-refractivity contribution in [3.8, 4) is 0 Å². The molecule has 4 rings (SSSR count). The molecule has 4 heterocycles. The zero-order valence-corrected chi connectivity index (χ0v) is 22.8. The van der Waals surface area contributed by atoms with Gasteiger partial charge in [-0.15, -0.1) is 33.3 Å². The molecular formula is C21H25N9O6S2. The molecule has 15 nitrogen and oxygen atoms in total. The summed E-state index contributed by atoms with van der Waals surface area (Å²) in [6.07, 6.45) is 0. The Hall–Kier alpha value is -3.86. The van der Waals surface area contributed by atoms with Crippen LogP contribution >= 0.6 is 23.1 Å². The van der Waals surface area contributed by atoms with E-state index in [1.807, 2.05) is 0 Å². The summed E-state index contributed by atoms with van der Waals surface area (Å²) in [5, 5.41) is 19.4. The summed E-state index contributed by atoms with van der Waals surface area (Å²) in [5.41, 5.74) is 5.12. The van der Waals surface area contributed by atoms with Crippen molar-refractivity contribution in [1.82, 2.24) is 35.4 Å². The van der Waals surface area contributed by atoms with Crippen molar-refractivity contribution in [2.75, 3.05) is 18.6 Å². The van der Waals surface area contributed by atoms with Gasteiger partial charge in [0.05, 0.1) is 12.0 Å². The molecule has 1 fully saturated rings. The van der Waals surface area contributed by atoms with Gasteiger partial charge in [0, 0.05) is 11.1 Å². The van der Waals surface area contributed by atoms with Crippen LogP contribution in [0, 0.1) is 12.3 Å². The van der Waals surface area contributed by atoms with Gasteiger partial charge in [-0.1, -0.05) is 5.16 Å². The lowest BCUT2D eigenvalue weighted by Gasteiger charge is -2.49. The molecule has 2 amide bonds. The number of thiazole rings is 1. The van der Waals surface area contributed by atoms with E-state index in [9.17, 15) is 19.2 Å². The van der Waals surface area contributed by atoms with E-state index in [0.717, 1.165) is 11.3 Å². The Morgan fingerprint density at radius 1 is 1.32 bits per heavy atom. The number of rotatable bonds is 7. The van der Waals surface area contributed by atoms with Gasteiger partial charge in [-0.05, 0) is 38.5 Å². The zero-order chi connectivity index (χ0) is 27.8. The largest absolute Gasteiger partial charge is 0.398 e. The number of hydrogen-bond acceptors (Lipinski definition) is 14. The highest BCUT2D eigenvalue weighted by molar-refractivity contribution is 8.00. The molecule has 0 bridgehead atoms. The fourth-order valence-electron chi connectivity index (χ4n) is 3.54. The number of oxime groups is 1. The number of tetrazole rings is 1. The number of carbonyl (C=O) groups excluding carboxylic acids is 4. The minimum absolute atomic E-state index is 0.0470. The van der Waals surface area contributed by atoms with Crippen molar-refractivity contribution in [2.45, 2.75) is 45.7 Å². The first kappa shape index (κ1) is 27.2. The van der Waals surface area contributed by atoms with Crippen LogP contribution in [-0.2, 0) is 35.3 Å². The Morgan fingerprint density at radius 3 is 2.63 bits per heavy atom. The number of carbonyl (C=O) groups is 4. The second-order valence-electron chi connectivity index (χ2n) is 9.30. The summed E-state index contributed by atoms with van der Waals surface area (Å²) >= 11 is 2.43. The number of amides is 2. The predicted molar refractivity (Wildman–Crippen MR) is 135 cm³/mol. The standard InChI is InChI=1S/C21H25N9O6S2/c1-9-25-28-29(26-9)6-10-7-37-17-13(24-15(31)12(27-35-5)11-8-38-20(22)23-11)16(32)30(17)14(10)18(33)36-19(34)21(2,3)4/h8,13,17H,6-7H2,1-5H3,(H2,22,23)(H,24,31)/b27-12-/t13-,17-/m1/s1. The van der Waals surface area contributed by atoms with E-state index in [1.165, 1.54) is 33.9 Å². The number of fused-ring (bicyclic) bond motifs is 1. The molecule has 0 aliphatic carbocycles. The van der Waals surface area contributed by atoms with E-state index in [-0.39, 0.29) is 34.5 Å². The molecule has 38 heavy (non-hydrogen) atoms. The minimum Gasteiger partial charge on any atom is -0.398 e. The number of hydrogen-bond donors (Lipinski definition) is 2. The van der Waals surface area contributed by atoms with Crippen molar-refractivity contribution < 1.29 is 28.8 Å². The topological polar surface area (TPSA) is 197 Å². The van der Waals surface area contributed by atoms with Crippen molar-refractivity contribution in [3.05, 3.63) is 28.2 Å². The maximum Gasteiger partial charge on any atom is 0.362 e. The van der Waals surface area contributed by atoms with Crippen molar-refractivity contribution >= 4 is 57.7 Å². The van der Waals surface area contributed by atoms with Crippen LogP contribution < -0.4 is 11.1 Å². The molecule has 0 unspecified atom stereocenters. The predicted octanol–water partition coefficient (Wildman–Crippen LogP) is -0.159. The summed E-state index contributed by atoms with van der Waals surface area (Å²) in [6.45, 7) is 6.53. The molecule has 202 valence electrons. The summed E-state index contributed by atoms with van der Waals surface area (Å²) < 4.78 is 5.13. The third-order valence-corrected chi connectivity index (χ3v) is 7.39. The SMILES string of the molecule is CO/N=C(\C(=O)N[C@@H]1C(=O)N2C(C(=O)OC(=O)C(C)(C)C)=C(Cn3nnc(C)n3)CS[C@H]12)c1csc(N)n1. The van der Waals surface area contributed by atoms with Crippen LogP contribution in [-0.4, -0.2) is 83.8 Å². The van der Waals surface area contributed by atoms with Gasteiger partial charge >= 0.3 is 11.9 Å². The van der Waals surface area contributed by atoms with E-state index >= 15 is 0 Å². The number of aromatic nitrogens is 5. The van der Waals surface area contributed by atoms with E-state index in [2.05, 4.69) is 30.9 Å². The smallest absolute Gasteiger partial charge is 0.362 e. The fourth-order valence-corrected chi connectivity index (χ4v) is 5.42. The molecule has 2 aliphatic rings. The highest BCUT2D eigenvalue weighted by Gasteiger charge is 2.55. The molecule has 17 heteroatoms. The Labute approximate surface area is 224 Å². The molecule has 2 aromatic heterocycles. The first-order valence-electron chi connectivity index (χ1n) is 11.2. The number of aryl methyl sites for hydroxylation is 1. The number of anilines is 1. The Kier molecular flexibility index (Phi) is 7.50. The molecule has 0 aromatic carbocycles. The number of ether oxygens (including phenoxy) is 1.